The van der Waals surface area contributed by atoms with E-state index in [9.17, 15) is 5.11 Å². The number of benzene rings is 3. The zero-order chi connectivity index (χ0) is 26.3. The van der Waals surface area contributed by atoms with Crippen molar-refractivity contribution in [1.29, 1.82) is 0 Å². The topological polar surface area (TPSA) is 29.5 Å². The molecule has 0 amide bonds. The van der Waals surface area contributed by atoms with Gasteiger partial charge in [-0.15, -0.1) is 0 Å². The van der Waals surface area contributed by atoms with E-state index < -0.39 is 0 Å². The minimum atomic E-state index is -0.0628. The highest BCUT2D eigenvalue weighted by Gasteiger charge is 2.34. The monoisotopic (exact) mass is 512 g/mol. The summed E-state index contributed by atoms with van der Waals surface area (Å²) < 4.78 is 6.73. The van der Waals surface area contributed by atoms with Crippen molar-refractivity contribution in [2.24, 2.45) is 0 Å². The van der Waals surface area contributed by atoms with E-state index in [1.54, 1.807) is 0 Å². The van der Waals surface area contributed by atoms with Gasteiger partial charge in [0.05, 0.1) is 12.7 Å². The Morgan fingerprint density at radius 1 is 0.811 bits per heavy atom. The molecule has 2 nitrogen and oxygen atoms in total. The molecule has 0 fully saturated rings. The third-order valence-electron chi connectivity index (χ3n) is 6.94. The van der Waals surface area contributed by atoms with Gasteiger partial charge in [0, 0.05) is 5.92 Å². The van der Waals surface area contributed by atoms with Crippen LogP contribution in [0.1, 0.15) is 93.9 Å². The lowest BCUT2D eigenvalue weighted by molar-refractivity contribution is 0.232. The van der Waals surface area contributed by atoms with Crippen LogP contribution in [0.25, 0.3) is 6.08 Å². The second-order valence-electron chi connectivity index (χ2n) is 10.6. The standard InChI is InChI=1S/C34H44O2Si/c1-4-5-6-7-8-15-23-32(25-24-28-17-16-18-29(26-28)27-35)36-37-34(2,3)33(30-19-11-9-12-20-30)31-21-13-10-14-22-31/h9-14,16-22,24-26,32-33,35H,4-8,15,23,27H2,1-3H3/b25-24+. The van der Waals surface area contributed by atoms with Crippen molar-refractivity contribution in [3.8, 4) is 0 Å². The van der Waals surface area contributed by atoms with Crippen molar-refractivity contribution in [2.75, 3.05) is 0 Å². The Labute approximate surface area is 227 Å². The second-order valence-corrected chi connectivity index (χ2v) is 12.3. The average molecular weight is 513 g/mol. The van der Waals surface area contributed by atoms with Gasteiger partial charge in [-0.2, -0.15) is 0 Å². The highest BCUT2D eigenvalue weighted by Crippen LogP contribution is 2.46. The van der Waals surface area contributed by atoms with Gasteiger partial charge in [0.25, 0.3) is 0 Å². The molecular weight excluding hydrogens is 468 g/mol. The Hall–Kier alpha value is -2.46. The molecule has 0 aliphatic rings. The zero-order valence-corrected chi connectivity index (χ0v) is 23.9. The van der Waals surface area contributed by atoms with Crippen LogP contribution in [-0.4, -0.2) is 21.0 Å². The lowest BCUT2D eigenvalue weighted by atomic mass is 9.82. The van der Waals surface area contributed by atoms with E-state index in [1.807, 2.05) is 18.2 Å². The highest BCUT2D eigenvalue weighted by molar-refractivity contribution is 6.32. The van der Waals surface area contributed by atoms with Gasteiger partial charge >= 0.3 is 0 Å². The van der Waals surface area contributed by atoms with E-state index in [0.717, 1.165) is 17.5 Å². The predicted octanol–water partition coefficient (Wildman–Crippen LogP) is 8.98. The highest BCUT2D eigenvalue weighted by atomic mass is 28.2. The lowest BCUT2D eigenvalue weighted by Gasteiger charge is -2.35. The van der Waals surface area contributed by atoms with E-state index in [2.05, 4.69) is 99.7 Å². The fourth-order valence-electron chi connectivity index (χ4n) is 4.94. The Morgan fingerprint density at radius 2 is 1.43 bits per heavy atom. The summed E-state index contributed by atoms with van der Waals surface area (Å²) >= 11 is 0. The molecule has 0 heterocycles. The molecule has 3 rings (SSSR count). The smallest absolute Gasteiger partial charge is 0.237 e. The third-order valence-corrected chi connectivity index (χ3v) is 8.18. The van der Waals surface area contributed by atoms with Crippen molar-refractivity contribution in [3.63, 3.8) is 0 Å². The molecule has 2 radical (unpaired) electrons. The van der Waals surface area contributed by atoms with Crippen molar-refractivity contribution in [3.05, 3.63) is 113 Å². The van der Waals surface area contributed by atoms with E-state index in [4.69, 9.17) is 4.43 Å². The first kappa shape index (κ1) is 29.1. The Bertz CT molecular complexity index is 1010. The quantitative estimate of drug-likeness (QED) is 0.153. The molecule has 0 saturated heterocycles. The van der Waals surface area contributed by atoms with E-state index in [-0.39, 0.29) is 23.7 Å². The van der Waals surface area contributed by atoms with Crippen molar-refractivity contribution < 1.29 is 9.53 Å². The molecule has 0 aliphatic heterocycles. The fourth-order valence-corrected chi connectivity index (χ4v) is 6.04. The molecule has 0 aromatic heterocycles. The maximum absolute atomic E-state index is 9.51. The third kappa shape index (κ3) is 9.73. The predicted molar refractivity (Wildman–Crippen MR) is 159 cm³/mol. The minimum Gasteiger partial charge on any atom is -0.411 e. The van der Waals surface area contributed by atoms with Gasteiger partial charge in [-0.05, 0) is 39.8 Å². The van der Waals surface area contributed by atoms with Crippen LogP contribution in [0.3, 0.4) is 0 Å². The molecule has 196 valence electrons. The number of aliphatic hydroxyl groups excluding tert-OH is 1. The van der Waals surface area contributed by atoms with Crippen LogP contribution in [-0.2, 0) is 11.0 Å². The number of hydrogen-bond acceptors (Lipinski definition) is 2. The fraction of sp³-hybridized carbons (Fsp3) is 0.412. The molecule has 1 N–H and O–H groups in total. The molecule has 37 heavy (non-hydrogen) atoms. The molecule has 3 aromatic carbocycles. The normalized spacial score (nSPS) is 12.9. The summed E-state index contributed by atoms with van der Waals surface area (Å²) in [6.45, 7) is 7.01. The van der Waals surface area contributed by atoms with Crippen LogP contribution in [0.2, 0.25) is 5.04 Å². The van der Waals surface area contributed by atoms with Gasteiger partial charge in [-0.1, -0.05) is 150 Å². The summed E-state index contributed by atoms with van der Waals surface area (Å²) in [6.07, 6.45) is 13.2. The summed E-state index contributed by atoms with van der Waals surface area (Å²) in [4.78, 5) is 0. The first-order valence-electron chi connectivity index (χ1n) is 13.9. The summed E-state index contributed by atoms with van der Waals surface area (Å²) in [6, 6.07) is 29.8. The first-order valence-corrected chi connectivity index (χ1v) is 14.8. The molecule has 0 saturated carbocycles. The summed E-state index contributed by atoms with van der Waals surface area (Å²) in [5.74, 6) is 0.258. The molecule has 0 bridgehead atoms. The maximum atomic E-state index is 9.51. The van der Waals surface area contributed by atoms with Gasteiger partial charge in [0.2, 0.25) is 9.76 Å². The van der Waals surface area contributed by atoms with E-state index >= 15 is 0 Å². The Balaban J connectivity index is 1.74. The largest absolute Gasteiger partial charge is 0.411 e. The Kier molecular flexibility index (Phi) is 12.4. The van der Waals surface area contributed by atoms with Gasteiger partial charge in [0.1, 0.15) is 0 Å². The van der Waals surface area contributed by atoms with E-state index in [0.29, 0.717) is 9.76 Å². The number of hydrogen-bond donors (Lipinski definition) is 1. The van der Waals surface area contributed by atoms with Gasteiger partial charge in [-0.25, -0.2) is 0 Å². The summed E-state index contributed by atoms with van der Waals surface area (Å²) in [5, 5.41) is 9.45. The van der Waals surface area contributed by atoms with Crippen LogP contribution in [0.4, 0.5) is 0 Å². The van der Waals surface area contributed by atoms with Crippen LogP contribution in [0.15, 0.2) is 91.0 Å². The summed E-state index contributed by atoms with van der Waals surface area (Å²) in [7, 11) is 0.357. The molecule has 3 aromatic rings. The SMILES string of the molecule is CCCCCCCCC(/C=C/c1cccc(CO)c1)O[Si]C(C)(C)C(c1ccccc1)c1ccccc1. The number of unbranched alkanes of at least 4 members (excludes halogenated alkanes) is 5. The molecule has 0 aliphatic carbocycles. The molecule has 1 unspecified atom stereocenters. The average Bonchev–Trinajstić information content (AvgIpc) is 2.93. The second kappa shape index (κ2) is 15.7. The van der Waals surface area contributed by atoms with Crippen LogP contribution >= 0.6 is 0 Å². The van der Waals surface area contributed by atoms with Crippen LogP contribution < -0.4 is 0 Å². The minimum absolute atomic E-state index is 0.0628. The lowest BCUT2D eigenvalue weighted by Crippen LogP contribution is -2.28. The molecule has 3 heteroatoms. The van der Waals surface area contributed by atoms with Crippen LogP contribution in [0.5, 0.6) is 0 Å². The van der Waals surface area contributed by atoms with Gasteiger partial charge in [-0.3, -0.25) is 0 Å². The van der Waals surface area contributed by atoms with Gasteiger partial charge in [0.15, 0.2) is 0 Å². The number of aliphatic hydroxyl groups is 1. The Morgan fingerprint density at radius 3 is 2.05 bits per heavy atom. The van der Waals surface area contributed by atoms with Crippen molar-refractivity contribution >= 4 is 15.8 Å². The van der Waals surface area contributed by atoms with Gasteiger partial charge < -0.3 is 9.53 Å². The van der Waals surface area contributed by atoms with Crippen LogP contribution in [0, 0.1) is 0 Å². The maximum Gasteiger partial charge on any atom is 0.237 e. The zero-order valence-electron chi connectivity index (χ0n) is 22.9. The first-order chi connectivity index (χ1) is 18.0. The molecular formula is C34H44O2Si. The molecule has 1 atom stereocenters. The van der Waals surface area contributed by atoms with Crippen molar-refractivity contribution in [2.45, 2.75) is 89.4 Å². The van der Waals surface area contributed by atoms with E-state index in [1.165, 1.54) is 49.7 Å². The molecule has 0 spiro atoms. The van der Waals surface area contributed by atoms with Crippen molar-refractivity contribution in [1.82, 2.24) is 0 Å². The summed E-state index contributed by atoms with van der Waals surface area (Å²) in [5.41, 5.74) is 4.71. The number of rotatable bonds is 16.